The van der Waals surface area contributed by atoms with E-state index in [2.05, 4.69) is 4.98 Å². The molecule has 0 spiro atoms. The molecule has 0 aliphatic rings. The maximum Gasteiger partial charge on any atom is 0.436 e. The molecule has 8 heteroatoms. The molecule has 0 saturated carbocycles. The van der Waals surface area contributed by atoms with Gasteiger partial charge < -0.3 is 0 Å². The highest BCUT2D eigenvalue weighted by atomic mass is 19.4. The first kappa shape index (κ1) is 13.3. The van der Waals surface area contributed by atoms with E-state index in [1.54, 1.807) is 0 Å². The van der Waals surface area contributed by atoms with Crippen LogP contribution in [0, 0.1) is 17.1 Å². The van der Waals surface area contributed by atoms with Crippen LogP contribution in [0.3, 0.4) is 0 Å². The SMILES string of the molecule is N#CCc1cc(C(F)F)c(F)c(C(F)(F)F)n1. The fraction of sp³-hybridized carbons (Fsp3) is 0.333. The number of hydrogen-bond acceptors (Lipinski definition) is 2. The lowest BCUT2D eigenvalue weighted by Gasteiger charge is -2.11. The van der Waals surface area contributed by atoms with E-state index in [9.17, 15) is 26.3 Å². The molecule has 0 fully saturated rings. The average Bonchev–Trinajstić information content (AvgIpc) is 2.18. The topological polar surface area (TPSA) is 36.7 Å². The number of aromatic nitrogens is 1. The van der Waals surface area contributed by atoms with Crippen LogP contribution in [0.1, 0.15) is 23.4 Å². The van der Waals surface area contributed by atoms with Crippen molar-refractivity contribution in [3.63, 3.8) is 0 Å². The smallest absolute Gasteiger partial charge is 0.244 e. The molecule has 1 rings (SSSR count). The second-order valence-corrected chi connectivity index (χ2v) is 3.00. The van der Waals surface area contributed by atoms with Crippen LogP contribution in [0.25, 0.3) is 0 Å². The van der Waals surface area contributed by atoms with Gasteiger partial charge in [-0.2, -0.15) is 18.4 Å². The van der Waals surface area contributed by atoms with Gasteiger partial charge in [0.1, 0.15) is 0 Å². The molecule has 92 valence electrons. The molecule has 1 aromatic heterocycles. The van der Waals surface area contributed by atoms with Gasteiger partial charge in [-0.15, -0.1) is 0 Å². The summed E-state index contributed by atoms with van der Waals surface area (Å²) in [6, 6.07) is 1.91. The maximum absolute atomic E-state index is 13.1. The highest BCUT2D eigenvalue weighted by molar-refractivity contribution is 5.27. The predicted octanol–water partition coefficient (Wildman–Crippen LogP) is 3.24. The van der Waals surface area contributed by atoms with E-state index in [-0.39, 0.29) is 0 Å². The van der Waals surface area contributed by atoms with Crippen LogP contribution in [0.15, 0.2) is 6.07 Å². The van der Waals surface area contributed by atoms with Crippen molar-refractivity contribution >= 4 is 0 Å². The monoisotopic (exact) mass is 254 g/mol. The molecule has 0 radical (unpaired) electrons. The van der Waals surface area contributed by atoms with E-state index in [0.717, 1.165) is 0 Å². The Balaban J connectivity index is 3.44. The minimum absolute atomic E-state index is 0.457. The predicted molar refractivity (Wildman–Crippen MR) is 43.5 cm³/mol. The Morgan fingerprint density at radius 1 is 1.35 bits per heavy atom. The van der Waals surface area contributed by atoms with Gasteiger partial charge in [0.05, 0.1) is 23.7 Å². The van der Waals surface area contributed by atoms with Gasteiger partial charge in [-0.1, -0.05) is 0 Å². The van der Waals surface area contributed by atoms with Crippen LogP contribution in [0.4, 0.5) is 26.3 Å². The van der Waals surface area contributed by atoms with Gasteiger partial charge in [0.25, 0.3) is 6.43 Å². The summed E-state index contributed by atoms with van der Waals surface area (Å²) in [4.78, 5) is 2.82. The summed E-state index contributed by atoms with van der Waals surface area (Å²) in [5, 5.41) is 8.26. The lowest BCUT2D eigenvalue weighted by molar-refractivity contribution is -0.144. The number of halogens is 6. The molecule has 1 aromatic rings. The first-order chi connectivity index (χ1) is 7.77. The number of nitriles is 1. The zero-order valence-corrected chi connectivity index (χ0v) is 8.02. The zero-order valence-electron chi connectivity index (χ0n) is 8.02. The molecule has 0 bridgehead atoms. The molecule has 17 heavy (non-hydrogen) atoms. The Morgan fingerprint density at radius 3 is 2.35 bits per heavy atom. The van der Waals surface area contributed by atoms with E-state index in [0.29, 0.717) is 6.07 Å². The third kappa shape index (κ3) is 2.87. The number of nitrogens with zero attached hydrogens (tertiary/aromatic N) is 2. The van der Waals surface area contributed by atoms with E-state index in [4.69, 9.17) is 5.26 Å². The summed E-state index contributed by atoms with van der Waals surface area (Å²) in [6.45, 7) is 0. The first-order valence-corrected chi connectivity index (χ1v) is 4.19. The van der Waals surface area contributed by atoms with Crippen LogP contribution in [-0.2, 0) is 12.6 Å². The Labute approximate surface area is 91.5 Å². The molecule has 0 aliphatic carbocycles. The van der Waals surface area contributed by atoms with Gasteiger partial charge in [-0.05, 0) is 6.07 Å². The summed E-state index contributed by atoms with van der Waals surface area (Å²) >= 11 is 0. The standard InChI is InChI=1S/C9H4F6N2/c10-6-5(8(11)12)3-4(1-2-16)17-7(6)9(13,14)15/h3,8H,1H2. The maximum atomic E-state index is 13.1. The minimum atomic E-state index is -5.18. The van der Waals surface area contributed by atoms with E-state index in [1.165, 1.54) is 6.07 Å². The van der Waals surface area contributed by atoms with Gasteiger partial charge in [-0.25, -0.2) is 18.2 Å². The van der Waals surface area contributed by atoms with Gasteiger partial charge >= 0.3 is 6.18 Å². The fourth-order valence-electron chi connectivity index (χ4n) is 1.12. The Morgan fingerprint density at radius 2 is 1.94 bits per heavy atom. The van der Waals surface area contributed by atoms with E-state index < -0.39 is 41.8 Å². The van der Waals surface area contributed by atoms with Crippen molar-refractivity contribution < 1.29 is 26.3 Å². The van der Waals surface area contributed by atoms with Crippen molar-refractivity contribution in [1.29, 1.82) is 5.26 Å². The van der Waals surface area contributed by atoms with Crippen molar-refractivity contribution in [2.75, 3.05) is 0 Å². The molecule has 0 saturated heterocycles. The highest BCUT2D eigenvalue weighted by Crippen LogP contribution is 2.34. The third-order valence-electron chi connectivity index (χ3n) is 1.80. The van der Waals surface area contributed by atoms with Crippen LogP contribution in [0.2, 0.25) is 0 Å². The van der Waals surface area contributed by atoms with Crippen molar-refractivity contribution in [2.45, 2.75) is 19.0 Å². The van der Waals surface area contributed by atoms with Crippen molar-refractivity contribution in [3.05, 3.63) is 28.8 Å². The van der Waals surface area contributed by atoms with E-state index >= 15 is 0 Å². The number of pyridine rings is 1. The van der Waals surface area contributed by atoms with Crippen molar-refractivity contribution in [3.8, 4) is 6.07 Å². The number of rotatable bonds is 2. The van der Waals surface area contributed by atoms with Crippen LogP contribution < -0.4 is 0 Å². The molecule has 0 aromatic carbocycles. The Kier molecular flexibility index (Phi) is 3.60. The normalized spacial score (nSPS) is 11.6. The summed E-state index contributed by atoms with van der Waals surface area (Å²) in [6.07, 6.45) is -9.20. The summed E-state index contributed by atoms with van der Waals surface area (Å²) in [5.74, 6) is -2.10. The summed E-state index contributed by atoms with van der Waals surface area (Å²) in [7, 11) is 0. The van der Waals surface area contributed by atoms with Gasteiger partial charge in [-0.3, -0.25) is 0 Å². The van der Waals surface area contributed by atoms with Crippen LogP contribution >= 0.6 is 0 Å². The number of hydrogen-bond donors (Lipinski definition) is 0. The minimum Gasteiger partial charge on any atom is -0.244 e. The molecule has 2 nitrogen and oxygen atoms in total. The largest absolute Gasteiger partial charge is 0.436 e. The van der Waals surface area contributed by atoms with Gasteiger partial charge in [0, 0.05) is 0 Å². The third-order valence-corrected chi connectivity index (χ3v) is 1.80. The molecule has 1 heterocycles. The van der Waals surface area contributed by atoms with Crippen LogP contribution in [0.5, 0.6) is 0 Å². The second-order valence-electron chi connectivity index (χ2n) is 3.00. The Bertz CT molecular complexity index is 460. The van der Waals surface area contributed by atoms with Crippen molar-refractivity contribution in [1.82, 2.24) is 4.98 Å². The second kappa shape index (κ2) is 4.61. The van der Waals surface area contributed by atoms with Gasteiger partial charge in [0.2, 0.25) is 0 Å². The van der Waals surface area contributed by atoms with Crippen molar-refractivity contribution in [2.24, 2.45) is 0 Å². The summed E-state index contributed by atoms with van der Waals surface area (Å²) in [5.41, 5.74) is -3.98. The Hall–Kier alpha value is -1.78. The molecular weight excluding hydrogens is 250 g/mol. The molecule has 0 atom stereocenters. The molecule has 0 aliphatic heterocycles. The quantitative estimate of drug-likeness (QED) is 0.759. The van der Waals surface area contributed by atoms with Gasteiger partial charge in [0.15, 0.2) is 11.5 Å². The fourth-order valence-corrected chi connectivity index (χ4v) is 1.12. The first-order valence-electron chi connectivity index (χ1n) is 4.19. The van der Waals surface area contributed by atoms with Crippen LogP contribution in [-0.4, -0.2) is 4.98 Å². The number of alkyl halides is 5. The zero-order chi connectivity index (χ0) is 13.2. The molecule has 0 N–H and O–H groups in total. The highest BCUT2D eigenvalue weighted by Gasteiger charge is 2.38. The molecule has 0 amide bonds. The summed E-state index contributed by atoms with van der Waals surface area (Å²) < 4.78 is 74.5. The average molecular weight is 254 g/mol. The molecule has 0 unspecified atom stereocenters. The molecular formula is C9H4F6N2. The van der Waals surface area contributed by atoms with E-state index in [1.807, 2.05) is 0 Å². The lowest BCUT2D eigenvalue weighted by atomic mass is 10.1. The lowest BCUT2D eigenvalue weighted by Crippen LogP contribution is -2.15.